The molecular formula is C42H66Br2N2NiSi. The average Bonchev–Trinajstić information content (AvgIpc) is 3.78. The van der Waals surface area contributed by atoms with E-state index in [9.17, 15) is 0 Å². The Hall–Kier alpha value is -0.550. The Morgan fingerprint density at radius 3 is 1.38 bits per heavy atom. The second-order valence-corrected chi connectivity index (χ2v) is 26.3. The van der Waals surface area contributed by atoms with E-state index < -0.39 is 8.07 Å². The Bertz CT molecular complexity index is 1270. The first-order valence-corrected chi connectivity index (χ1v) is 26.8. The standard InChI is InChI=1S/C42H66N2Si.2BrH.Ni/c1-29(2)36-23-17-24-37(30(3)4)41(36)43-33(9)40(44-42-38(31(5)6)25-18-26-39(42)32(7)8)27-15-16-28-45(10,34-19-11-12-20-34)35-21-13-14-22-35;;;/h17-18,23-26,29-32,34-35H,11-16,19-22,27-28H2,1-10H3;2*1H;/q;;;+2/p-2. The third-order valence-corrected chi connectivity index (χ3v) is 17.9. The van der Waals surface area contributed by atoms with Crippen LogP contribution in [0.25, 0.3) is 0 Å². The molecule has 0 aliphatic heterocycles. The van der Waals surface area contributed by atoms with Gasteiger partial charge in [-0.1, -0.05) is 162 Å². The zero-order valence-electron chi connectivity index (χ0n) is 31.9. The van der Waals surface area contributed by atoms with Crippen molar-refractivity contribution >= 4 is 59.3 Å². The van der Waals surface area contributed by atoms with E-state index in [-0.39, 0.29) is 0 Å². The normalized spacial score (nSPS) is 17.0. The second-order valence-electron chi connectivity index (χ2n) is 16.2. The van der Waals surface area contributed by atoms with Crippen molar-refractivity contribution in [3.63, 3.8) is 0 Å². The Morgan fingerprint density at radius 2 is 1.02 bits per heavy atom. The van der Waals surface area contributed by atoms with Gasteiger partial charge in [0.1, 0.15) is 0 Å². The van der Waals surface area contributed by atoms with Gasteiger partial charge in [-0.05, 0) is 76.8 Å². The summed E-state index contributed by atoms with van der Waals surface area (Å²) in [5.41, 5.74) is 12.2. The van der Waals surface area contributed by atoms with Gasteiger partial charge in [0.2, 0.25) is 0 Å². The monoisotopic (exact) mass is 842 g/mol. The number of benzene rings is 2. The molecule has 2 aliphatic carbocycles. The predicted molar refractivity (Wildman–Crippen MR) is 222 cm³/mol. The van der Waals surface area contributed by atoms with Gasteiger partial charge < -0.3 is 0 Å². The maximum absolute atomic E-state index is 5.63. The molecule has 2 aliphatic rings. The Morgan fingerprint density at radius 1 is 0.667 bits per heavy atom. The first-order valence-electron chi connectivity index (χ1n) is 19.1. The van der Waals surface area contributed by atoms with Crippen LogP contribution in [0.4, 0.5) is 11.4 Å². The summed E-state index contributed by atoms with van der Waals surface area (Å²) in [4.78, 5) is 11.1. The Kier molecular flexibility index (Phi) is 17.9. The molecule has 0 aromatic heterocycles. The summed E-state index contributed by atoms with van der Waals surface area (Å²) in [6.07, 6.45) is 15.6. The van der Waals surface area contributed by atoms with Crippen LogP contribution < -0.4 is 0 Å². The maximum atomic E-state index is 5.63. The van der Waals surface area contributed by atoms with Gasteiger partial charge >= 0.3 is 39.3 Å². The number of para-hydroxylation sites is 2. The zero-order chi connectivity index (χ0) is 35.4. The molecule has 0 bridgehead atoms. The van der Waals surface area contributed by atoms with Crippen molar-refractivity contribution in [3.05, 3.63) is 58.7 Å². The third-order valence-electron chi connectivity index (χ3n) is 11.6. The van der Waals surface area contributed by atoms with Crippen molar-refractivity contribution in [2.45, 2.75) is 180 Å². The molecule has 0 spiro atoms. The zero-order valence-corrected chi connectivity index (χ0v) is 37.0. The molecule has 0 atom stereocenters. The van der Waals surface area contributed by atoms with Crippen LogP contribution in [0.15, 0.2) is 46.4 Å². The molecular weight excluding hydrogens is 779 g/mol. The summed E-state index contributed by atoms with van der Waals surface area (Å²) in [5.74, 6) is 1.72. The van der Waals surface area contributed by atoms with E-state index in [2.05, 4.69) is 134 Å². The Balaban J connectivity index is 0.00000201. The van der Waals surface area contributed by atoms with Crippen LogP contribution in [0.2, 0.25) is 23.7 Å². The van der Waals surface area contributed by atoms with Crippen LogP contribution in [-0.4, -0.2) is 19.5 Å². The van der Waals surface area contributed by atoms with Crippen molar-refractivity contribution in [3.8, 4) is 0 Å². The van der Waals surface area contributed by atoms with Gasteiger partial charge in [0.05, 0.1) is 30.9 Å². The molecule has 272 valence electrons. The second kappa shape index (κ2) is 20.5. The SMILES string of the molecule is CC(=Nc1c(C(C)C)cccc1C(C)C)C(CCCC[Si](C)(C1CCCC1)C1CCCC1)=Nc1c(C(C)C)cccc1C(C)C.[Br][Ni][Br]. The molecule has 48 heavy (non-hydrogen) atoms. The number of hydrogen-bond donors (Lipinski definition) is 0. The van der Waals surface area contributed by atoms with Crippen molar-refractivity contribution in [2.75, 3.05) is 0 Å². The number of halogens is 2. The first kappa shape index (κ1) is 41.9. The molecule has 0 radical (unpaired) electrons. The van der Waals surface area contributed by atoms with E-state index in [0.29, 0.717) is 23.7 Å². The summed E-state index contributed by atoms with van der Waals surface area (Å²) >= 11 is 6.00. The molecule has 2 nitrogen and oxygen atoms in total. The first-order chi connectivity index (χ1) is 22.8. The van der Waals surface area contributed by atoms with Crippen molar-refractivity contribution < 1.29 is 10.9 Å². The van der Waals surface area contributed by atoms with Crippen molar-refractivity contribution in [1.82, 2.24) is 0 Å². The molecule has 2 aromatic rings. The minimum absolute atomic E-state index is 0.429. The fourth-order valence-electron chi connectivity index (χ4n) is 8.68. The number of rotatable bonds is 14. The van der Waals surface area contributed by atoms with Gasteiger partial charge in [-0.3, -0.25) is 9.98 Å². The van der Waals surface area contributed by atoms with Crippen LogP contribution in [-0.2, 0) is 10.9 Å². The average molecular weight is 846 g/mol. The molecule has 0 amide bonds. The predicted octanol–water partition coefficient (Wildman–Crippen LogP) is 15.9. The van der Waals surface area contributed by atoms with Crippen molar-refractivity contribution in [1.29, 1.82) is 0 Å². The van der Waals surface area contributed by atoms with Gasteiger partial charge in [-0.15, -0.1) is 0 Å². The molecule has 0 unspecified atom stereocenters. The fourth-order valence-corrected chi connectivity index (χ4v) is 14.6. The fraction of sp³-hybridized carbons (Fsp3) is 0.667. The van der Waals surface area contributed by atoms with Crippen LogP contribution >= 0.6 is 28.5 Å². The summed E-state index contributed by atoms with van der Waals surface area (Å²) in [7, 11) is -0.0255. The number of nitrogens with zero attached hydrogens (tertiary/aromatic N) is 2. The van der Waals surface area contributed by atoms with Gasteiger partial charge in [-0.2, -0.15) is 0 Å². The van der Waals surface area contributed by atoms with E-state index in [0.717, 1.165) is 23.2 Å². The molecule has 0 heterocycles. The Labute approximate surface area is 317 Å². The van der Waals surface area contributed by atoms with E-state index in [1.54, 1.807) is 0 Å². The van der Waals surface area contributed by atoms with Gasteiger partial charge in [0, 0.05) is 0 Å². The van der Waals surface area contributed by atoms with Gasteiger partial charge in [0.15, 0.2) is 0 Å². The van der Waals surface area contributed by atoms with Crippen LogP contribution in [0.3, 0.4) is 0 Å². The van der Waals surface area contributed by atoms with Crippen molar-refractivity contribution in [2.24, 2.45) is 9.98 Å². The number of hydrogen-bond acceptors (Lipinski definition) is 2. The summed E-state index contributed by atoms with van der Waals surface area (Å²) in [5, 5.41) is 0. The summed E-state index contributed by atoms with van der Waals surface area (Å²) in [6, 6.07) is 15.1. The van der Waals surface area contributed by atoms with Gasteiger partial charge in [-0.25, -0.2) is 0 Å². The molecule has 0 N–H and O–H groups in total. The molecule has 2 aromatic carbocycles. The molecule has 2 saturated carbocycles. The van der Waals surface area contributed by atoms with Crippen LogP contribution in [0, 0.1) is 0 Å². The number of unbranched alkanes of at least 4 members (excludes halogenated alkanes) is 1. The molecule has 2 fully saturated rings. The van der Waals surface area contributed by atoms with E-state index in [4.69, 9.17) is 9.98 Å². The van der Waals surface area contributed by atoms with E-state index in [1.807, 2.05) is 0 Å². The third kappa shape index (κ3) is 11.2. The van der Waals surface area contributed by atoms with E-state index >= 15 is 0 Å². The number of aliphatic imine (C=N–C) groups is 2. The molecule has 6 heteroatoms. The summed E-state index contributed by atoms with van der Waals surface area (Å²) in [6.45, 7) is 23.5. The molecule has 4 rings (SSSR count). The summed E-state index contributed by atoms with van der Waals surface area (Å²) < 4.78 is 0. The molecule has 0 saturated heterocycles. The topological polar surface area (TPSA) is 24.7 Å². The quantitative estimate of drug-likeness (QED) is 0.103. The van der Waals surface area contributed by atoms with E-state index in [1.165, 1.54) is 120 Å². The van der Waals surface area contributed by atoms with Crippen LogP contribution in [0.1, 0.15) is 179 Å². The van der Waals surface area contributed by atoms with Gasteiger partial charge in [0.25, 0.3) is 0 Å². The van der Waals surface area contributed by atoms with Crippen LogP contribution in [0.5, 0.6) is 0 Å². The minimum atomic E-state index is -1.28.